The van der Waals surface area contributed by atoms with Crippen molar-refractivity contribution in [2.24, 2.45) is 5.73 Å². The van der Waals surface area contributed by atoms with Crippen LogP contribution in [0.3, 0.4) is 0 Å². The molecule has 0 atom stereocenters. The summed E-state index contributed by atoms with van der Waals surface area (Å²) in [7, 11) is 0. The van der Waals surface area contributed by atoms with Crippen molar-refractivity contribution >= 4 is 12.4 Å². The van der Waals surface area contributed by atoms with E-state index in [-0.39, 0.29) is 12.4 Å². The van der Waals surface area contributed by atoms with E-state index in [0.29, 0.717) is 12.4 Å². The van der Waals surface area contributed by atoms with Gasteiger partial charge < -0.3 is 10.2 Å². The Kier molecular flexibility index (Phi) is 7.19. The smallest absolute Gasteiger partial charge is 0.226 e. The van der Waals surface area contributed by atoms with Crippen molar-refractivity contribution < 1.29 is 4.42 Å². The van der Waals surface area contributed by atoms with Gasteiger partial charge >= 0.3 is 0 Å². The van der Waals surface area contributed by atoms with Gasteiger partial charge in [0.1, 0.15) is 6.26 Å². The van der Waals surface area contributed by atoms with Crippen LogP contribution in [0.15, 0.2) is 65.3 Å². The maximum Gasteiger partial charge on any atom is 0.226 e. The van der Waals surface area contributed by atoms with E-state index in [1.54, 1.807) is 6.26 Å². The van der Waals surface area contributed by atoms with Crippen molar-refractivity contribution in [1.29, 1.82) is 0 Å². The Morgan fingerprint density at radius 2 is 1.72 bits per heavy atom. The number of hydrogen-bond acceptors (Lipinski definition) is 4. The second-order valence-corrected chi connectivity index (χ2v) is 5.99. The molecule has 3 aromatic rings. The van der Waals surface area contributed by atoms with Gasteiger partial charge in [-0.2, -0.15) is 0 Å². The molecule has 1 aromatic heterocycles. The Labute approximate surface area is 155 Å². The van der Waals surface area contributed by atoms with Crippen LogP contribution < -0.4 is 5.73 Å². The highest BCUT2D eigenvalue weighted by atomic mass is 35.5. The molecule has 0 aliphatic rings. The molecule has 0 fully saturated rings. The molecular formula is C20H24ClN3O. The molecule has 0 saturated carbocycles. The summed E-state index contributed by atoms with van der Waals surface area (Å²) in [5.41, 5.74) is 10.2. The predicted octanol–water partition coefficient (Wildman–Crippen LogP) is 4.03. The minimum atomic E-state index is 0. The largest absolute Gasteiger partial charge is 0.444 e. The van der Waals surface area contributed by atoms with Crippen LogP contribution in [0.4, 0.5) is 0 Å². The molecule has 0 saturated heterocycles. The van der Waals surface area contributed by atoms with Crippen LogP contribution in [0.5, 0.6) is 0 Å². The number of halogens is 1. The standard InChI is InChI=1S/C20H23N3O.ClH/c1-16-7-9-18(10-8-16)20-22-19(15-24-20)14-23(12-11-21)13-17-5-3-2-4-6-17;/h2-10,15H,11-14,21H2,1H3;1H. The van der Waals surface area contributed by atoms with E-state index in [0.717, 1.165) is 30.9 Å². The lowest BCUT2D eigenvalue weighted by atomic mass is 10.1. The van der Waals surface area contributed by atoms with Crippen molar-refractivity contribution in [3.63, 3.8) is 0 Å². The molecule has 1 heterocycles. The minimum Gasteiger partial charge on any atom is -0.444 e. The maximum atomic E-state index is 5.76. The molecule has 132 valence electrons. The van der Waals surface area contributed by atoms with E-state index in [1.807, 2.05) is 18.2 Å². The summed E-state index contributed by atoms with van der Waals surface area (Å²) < 4.78 is 5.65. The van der Waals surface area contributed by atoms with E-state index in [4.69, 9.17) is 10.2 Å². The van der Waals surface area contributed by atoms with Crippen molar-refractivity contribution in [1.82, 2.24) is 9.88 Å². The topological polar surface area (TPSA) is 55.3 Å². The average Bonchev–Trinajstić information content (AvgIpc) is 3.05. The zero-order valence-corrected chi connectivity index (χ0v) is 15.2. The van der Waals surface area contributed by atoms with Gasteiger partial charge in [0, 0.05) is 31.7 Å². The molecule has 0 aliphatic carbocycles. The molecule has 0 unspecified atom stereocenters. The van der Waals surface area contributed by atoms with Crippen LogP contribution in [0.25, 0.3) is 11.5 Å². The van der Waals surface area contributed by atoms with Crippen LogP contribution in [-0.2, 0) is 13.1 Å². The lowest BCUT2D eigenvalue weighted by molar-refractivity contribution is 0.261. The first-order valence-electron chi connectivity index (χ1n) is 8.22. The number of rotatable bonds is 7. The fourth-order valence-corrected chi connectivity index (χ4v) is 2.68. The van der Waals surface area contributed by atoms with Gasteiger partial charge in [0.05, 0.1) is 5.69 Å². The zero-order chi connectivity index (χ0) is 16.8. The number of oxazole rings is 1. The summed E-state index contributed by atoms with van der Waals surface area (Å²) in [6.45, 7) is 5.09. The molecule has 2 aromatic carbocycles. The van der Waals surface area contributed by atoms with Gasteiger partial charge in [-0.15, -0.1) is 12.4 Å². The molecule has 0 spiro atoms. The van der Waals surface area contributed by atoms with Crippen LogP contribution in [-0.4, -0.2) is 23.0 Å². The van der Waals surface area contributed by atoms with Gasteiger partial charge in [0.15, 0.2) is 0 Å². The Morgan fingerprint density at radius 3 is 2.40 bits per heavy atom. The lowest BCUT2D eigenvalue weighted by Crippen LogP contribution is -2.28. The van der Waals surface area contributed by atoms with E-state index in [9.17, 15) is 0 Å². The van der Waals surface area contributed by atoms with Gasteiger partial charge in [-0.1, -0.05) is 48.0 Å². The van der Waals surface area contributed by atoms with Crippen molar-refractivity contribution in [2.75, 3.05) is 13.1 Å². The highest BCUT2D eigenvalue weighted by Gasteiger charge is 2.11. The van der Waals surface area contributed by atoms with Crippen LogP contribution in [0.2, 0.25) is 0 Å². The summed E-state index contributed by atoms with van der Waals surface area (Å²) in [5.74, 6) is 0.664. The molecule has 0 bridgehead atoms. The SMILES string of the molecule is Cc1ccc(-c2nc(CN(CCN)Cc3ccccc3)co2)cc1.Cl. The van der Waals surface area contributed by atoms with Crippen molar-refractivity contribution in [3.05, 3.63) is 77.7 Å². The van der Waals surface area contributed by atoms with E-state index in [1.165, 1.54) is 11.1 Å². The van der Waals surface area contributed by atoms with Gasteiger partial charge in [-0.3, -0.25) is 4.90 Å². The summed E-state index contributed by atoms with van der Waals surface area (Å²) in [6.07, 6.45) is 1.74. The first-order valence-corrected chi connectivity index (χ1v) is 8.22. The first kappa shape index (κ1) is 19.2. The summed E-state index contributed by atoms with van der Waals surface area (Å²) in [6, 6.07) is 18.6. The lowest BCUT2D eigenvalue weighted by Gasteiger charge is -2.20. The molecule has 0 amide bonds. The fraction of sp³-hybridized carbons (Fsp3) is 0.250. The van der Waals surface area contributed by atoms with Crippen molar-refractivity contribution in [3.8, 4) is 11.5 Å². The second-order valence-electron chi connectivity index (χ2n) is 5.99. The van der Waals surface area contributed by atoms with Gasteiger partial charge in [-0.05, 0) is 24.6 Å². The third-order valence-electron chi connectivity index (χ3n) is 3.93. The third kappa shape index (κ3) is 5.43. The van der Waals surface area contributed by atoms with Gasteiger partial charge in [-0.25, -0.2) is 4.98 Å². The van der Waals surface area contributed by atoms with Gasteiger partial charge in [0.2, 0.25) is 5.89 Å². The van der Waals surface area contributed by atoms with Crippen LogP contribution in [0, 0.1) is 6.92 Å². The summed E-state index contributed by atoms with van der Waals surface area (Å²) in [4.78, 5) is 6.91. The third-order valence-corrected chi connectivity index (χ3v) is 3.93. The first-order chi connectivity index (χ1) is 11.7. The van der Waals surface area contributed by atoms with Crippen molar-refractivity contribution in [2.45, 2.75) is 20.0 Å². The number of nitrogens with zero attached hydrogens (tertiary/aromatic N) is 2. The Morgan fingerprint density at radius 1 is 1.00 bits per heavy atom. The molecule has 0 aliphatic heterocycles. The molecule has 4 nitrogen and oxygen atoms in total. The number of nitrogens with two attached hydrogens (primary N) is 1. The Hall–Kier alpha value is -2.14. The fourth-order valence-electron chi connectivity index (χ4n) is 2.68. The molecule has 5 heteroatoms. The monoisotopic (exact) mass is 357 g/mol. The quantitative estimate of drug-likeness (QED) is 0.693. The number of benzene rings is 2. The summed E-state index contributed by atoms with van der Waals surface area (Å²) in [5, 5.41) is 0. The van der Waals surface area contributed by atoms with Crippen LogP contribution in [0.1, 0.15) is 16.8 Å². The molecule has 25 heavy (non-hydrogen) atoms. The highest BCUT2D eigenvalue weighted by Crippen LogP contribution is 2.20. The Balaban J connectivity index is 0.00000225. The molecule has 2 N–H and O–H groups in total. The van der Waals surface area contributed by atoms with E-state index >= 15 is 0 Å². The van der Waals surface area contributed by atoms with Gasteiger partial charge in [0.25, 0.3) is 0 Å². The second kappa shape index (κ2) is 9.37. The summed E-state index contributed by atoms with van der Waals surface area (Å²) >= 11 is 0. The molecular weight excluding hydrogens is 334 g/mol. The van der Waals surface area contributed by atoms with Crippen LogP contribution >= 0.6 is 12.4 Å². The van der Waals surface area contributed by atoms with E-state index in [2.05, 4.69) is 53.2 Å². The average molecular weight is 358 g/mol. The van der Waals surface area contributed by atoms with E-state index < -0.39 is 0 Å². The Bertz CT molecular complexity index is 756. The zero-order valence-electron chi connectivity index (χ0n) is 14.4. The minimum absolute atomic E-state index is 0. The molecule has 3 rings (SSSR count). The molecule has 0 radical (unpaired) electrons. The highest BCUT2D eigenvalue weighted by molar-refractivity contribution is 5.85. The maximum absolute atomic E-state index is 5.76. The number of hydrogen-bond donors (Lipinski definition) is 1. The number of aromatic nitrogens is 1. The number of aryl methyl sites for hydroxylation is 1. The predicted molar refractivity (Wildman–Crippen MR) is 104 cm³/mol. The normalized spacial score (nSPS) is 10.7.